The molecule has 1 amide bonds. The van der Waals surface area contributed by atoms with Gasteiger partial charge in [0.1, 0.15) is 16.5 Å². The van der Waals surface area contributed by atoms with Crippen LogP contribution in [0.25, 0.3) is 10.6 Å². The summed E-state index contributed by atoms with van der Waals surface area (Å²) in [7, 11) is 1.62. The molecule has 140 valence electrons. The average Bonchev–Trinajstić information content (AvgIpc) is 3.09. The van der Waals surface area contributed by atoms with E-state index in [-0.39, 0.29) is 5.91 Å². The third-order valence-electron chi connectivity index (χ3n) is 3.87. The summed E-state index contributed by atoms with van der Waals surface area (Å²) in [5.41, 5.74) is 3.09. The Labute approximate surface area is 162 Å². The number of hydrogen-bond donors (Lipinski definition) is 1. The first kappa shape index (κ1) is 18.8. The van der Waals surface area contributed by atoms with E-state index in [1.165, 1.54) is 11.3 Å². The molecule has 1 heterocycles. The molecule has 0 spiro atoms. The van der Waals surface area contributed by atoms with Gasteiger partial charge in [0.15, 0.2) is 6.10 Å². The highest BCUT2D eigenvalue weighted by atomic mass is 32.1. The second-order valence-corrected chi connectivity index (χ2v) is 7.19. The Morgan fingerprint density at radius 1 is 1.04 bits per heavy atom. The van der Waals surface area contributed by atoms with Gasteiger partial charge in [-0.3, -0.25) is 10.1 Å². The molecule has 0 aliphatic rings. The summed E-state index contributed by atoms with van der Waals surface area (Å²) in [5, 5.41) is 12.1. The van der Waals surface area contributed by atoms with Crippen molar-refractivity contribution < 1.29 is 14.3 Å². The van der Waals surface area contributed by atoms with Crippen molar-refractivity contribution >= 4 is 22.4 Å². The predicted octanol–water partition coefficient (Wildman–Crippen LogP) is 4.24. The molecular formula is C20H21N3O3S. The fourth-order valence-corrected chi connectivity index (χ4v) is 3.34. The Bertz CT molecular complexity index is 918. The van der Waals surface area contributed by atoms with Crippen LogP contribution in [0.4, 0.5) is 5.13 Å². The van der Waals surface area contributed by atoms with Crippen molar-refractivity contribution in [3.05, 3.63) is 53.6 Å². The molecule has 0 fully saturated rings. The van der Waals surface area contributed by atoms with Gasteiger partial charge in [-0.15, -0.1) is 10.2 Å². The molecule has 0 saturated carbocycles. The lowest BCUT2D eigenvalue weighted by Crippen LogP contribution is -2.30. The van der Waals surface area contributed by atoms with Crippen molar-refractivity contribution in [3.8, 4) is 22.1 Å². The molecule has 27 heavy (non-hydrogen) atoms. The Kier molecular flexibility index (Phi) is 5.71. The molecule has 1 N–H and O–H groups in total. The molecule has 3 rings (SSSR count). The van der Waals surface area contributed by atoms with Crippen LogP contribution in [0.5, 0.6) is 11.5 Å². The smallest absolute Gasteiger partial charge is 0.266 e. The number of benzene rings is 2. The molecular weight excluding hydrogens is 362 g/mol. The first-order valence-corrected chi connectivity index (χ1v) is 9.30. The first-order valence-electron chi connectivity index (χ1n) is 8.48. The number of carbonyl (C=O) groups excluding carboxylic acids is 1. The van der Waals surface area contributed by atoms with Gasteiger partial charge < -0.3 is 9.47 Å². The van der Waals surface area contributed by atoms with Crippen molar-refractivity contribution in [2.24, 2.45) is 0 Å². The number of rotatable bonds is 6. The van der Waals surface area contributed by atoms with E-state index < -0.39 is 6.10 Å². The van der Waals surface area contributed by atoms with Gasteiger partial charge in [-0.25, -0.2) is 0 Å². The fourth-order valence-electron chi connectivity index (χ4n) is 2.59. The minimum Gasteiger partial charge on any atom is -0.497 e. The zero-order valence-corrected chi connectivity index (χ0v) is 16.5. The highest BCUT2D eigenvalue weighted by Crippen LogP contribution is 2.28. The van der Waals surface area contributed by atoms with Gasteiger partial charge in [-0.1, -0.05) is 17.4 Å². The fraction of sp³-hybridized carbons (Fsp3) is 0.250. The highest BCUT2D eigenvalue weighted by Gasteiger charge is 2.17. The minimum atomic E-state index is -0.653. The number of aromatic nitrogens is 2. The minimum absolute atomic E-state index is 0.272. The maximum absolute atomic E-state index is 12.4. The van der Waals surface area contributed by atoms with Crippen LogP contribution in [0, 0.1) is 13.8 Å². The zero-order valence-electron chi connectivity index (χ0n) is 15.6. The number of ether oxygens (including phenoxy) is 2. The van der Waals surface area contributed by atoms with E-state index in [2.05, 4.69) is 21.6 Å². The molecule has 1 atom stereocenters. The largest absolute Gasteiger partial charge is 0.497 e. The quantitative estimate of drug-likeness (QED) is 0.689. The number of amides is 1. The van der Waals surface area contributed by atoms with Gasteiger partial charge in [0.2, 0.25) is 5.13 Å². The van der Waals surface area contributed by atoms with E-state index >= 15 is 0 Å². The highest BCUT2D eigenvalue weighted by molar-refractivity contribution is 7.18. The maximum Gasteiger partial charge on any atom is 0.266 e. The predicted molar refractivity (Wildman–Crippen MR) is 107 cm³/mol. The van der Waals surface area contributed by atoms with Crippen molar-refractivity contribution in [1.29, 1.82) is 0 Å². The van der Waals surface area contributed by atoms with E-state index in [4.69, 9.17) is 9.47 Å². The first-order chi connectivity index (χ1) is 12.9. The van der Waals surface area contributed by atoms with E-state index in [1.807, 2.05) is 50.2 Å². The van der Waals surface area contributed by atoms with Crippen molar-refractivity contribution in [2.75, 3.05) is 12.4 Å². The molecule has 0 aliphatic carbocycles. The van der Waals surface area contributed by atoms with Crippen LogP contribution in [-0.4, -0.2) is 29.3 Å². The number of anilines is 1. The summed E-state index contributed by atoms with van der Waals surface area (Å²) in [6, 6.07) is 13.4. The molecule has 3 aromatic rings. The average molecular weight is 383 g/mol. The van der Waals surface area contributed by atoms with E-state index in [1.54, 1.807) is 14.0 Å². The lowest BCUT2D eigenvalue weighted by atomic mass is 10.1. The number of methoxy groups -OCH3 is 1. The van der Waals surface area contributed by atoms with E-state index in [0.29, 0.717) is 10.9 Å². The summed E-state index contributed by atoms with van der Waals surface area (Å²) >= 11 is 1.31. The SMILES string of the molecule is COc1ccc(-c2nnc(NC(=O)C(C)Oc3cc(C)cc(C)c3)s2)cc1. The van der Waals surface area contributed by atoms with Gasteiger partial charge in [-0.2, -0.15) is 0 Å². The Morgan fingerprint density at radius 2 is 1.70 bits per heavy atom. The molecule has 0 saturated heterocycles. The van der Waals surface area contributed by atoms with Crippen LogP contribution in [-0.2, 0) is 4.79 Å². The lowest BCUT2D eigenvalue weighted by molar-refractivity contribution is -0.122. The summed E-state index contributed by atoms with van der Waals surface area (Å²) in [6.07, 6.45) is -0.653. The number of hydrogen-bond acceptors (Lipinski definition) is 6. The summed E-state index contributed by atoms with van der Waals surface area (Å²) in [6.45, 7) is 5.69. The van der Waals surface area contributed by atoms with E-state index in [0.717, 1.165) is 27.4 Å². The Balaban J connectivity index is 1.64. The maximum atomic E-state index is 12.4. The van der Waals surface area contributed by atoms with Crippen LogP contribution in [0.15, 0.2) is 42.5 Å². The Morgan fingerprint density at radius 3 is 2.33 bits per heavy atom. The topological polar surface area (TPSA) is 73.3 Å². The van der Waals surface area contributed by atoms with Gasteiger partial charge in [0.05, 0.1) is 7.11 Å². The molecule has 0 radical (unpaired) electrons. The Hall–Kier alpha value is -2.93. The zero-order chi connectivity index (χ0) is 19.4. The summed E-state index contributed by atoms with van der Waals surface area (Å²) < 4.78 is 10.9. The van der Waals surface area contributed by atoms with Crippen LogP contribution in [0.1, 0.15) is 18.1 Å². The standard InChI is InChI=1S/C20H21N3O3S/c1-12-9-13(2)11-17(10-12)26-14(3)18(24)21-20-23-22-19(27-20)15-5-7-16(25-4)8-6-15/h5-11,14H,1-4H3,(H,21,23,24). The second kappa shape index (κ2) is 8.18. The molecule has 0 aliphatic heterocycles. The number of aryl methyl sites for hydroxylation is 2. The van der Waals surface area contributed by atoms with Gasteiger partial charge in [0.25, 0.3) is 5.91 Å². The number of nitrogens with zero attached hydrogens (tertiary/aromatic N) is 2. The third-order valence-corrected chi connectivity index (χ3v) is 4.76. The number of carbonyl (C=O) groups is 1. The summed E-state index contributed by atoms with van der Waals surface area (Å²) in [4.78, 5) is 12.4. The van der Waals surface area contributed by atoms with Crippen molar-refractivity contribution in [2.45, 2.75) is 26.9 Å². The van der Waals surface area contributed by atoms with Crippen molar-refractivity contribution in [3.63, 3.8) is 0 Å². The van der Waals surface area contributed by atoms with Crippen LogP contribution in [0.2, 0.25) is 0 Å². The molecule has 1 aromatic heterocycles. The normalized spacial score (nSPS) is 11.7. The lowest BCUT2D eigenvalue weighted by Gasteiger charge is -2.14. The van der Waals surface area contributed by atoms with Crippen LogP contribution < -0.4 is 14.8 Å². The second-order valence-electron chi connectivity index (χ2n) is 6.21. The molecule has 1 unspecified atom stereocenters. The van der Waals surface area contributed by atoms with E-state index in [9.17, 15) is 4.79 Å². The molecule has 7 heteroatoms. The van der Waals surface area contributed by atoms with Crippen LogP contribution in [0.3, 0.4) is 0 Å². The van der Waals surface area contributed by atoms with Gasteiger partial charge >= 0.3 is 0 Å². The van der Waals surface area contributed by atoms with Crippen molar-refractivity contribution in [1.82, 2.24) is 10.2 Å². The summed E-state index contributed by atoms with van der Waals surface area (Å²) in [5.74, 6) is 1.17. The number of nitrogens with one attached hydrogen (secondary N) is 1. The van der Waals surface area contributed by atoms with Gasteiger partial charge in [-0.05, 0) is 68.3 Å². The molecule has 6 nitrogen and oxygen atoms in total. The third kappa shape index (κ3) is 4.83. The van der Waals surface area contributed by atoms with Gasteiger partial charge in [0, 0.05) is 5.56 Å². The monoisotopic (exact) mass is 383 g/mol. The molecule has 2 aromatic carbocycles. The van der Waals surface area contributed by atoms with Crippen LogP contribution >= 0.6 is 11.3 Å². The molecule has 0 bridgehead atoms.